The number of urea groups is 1. The summed E-state index contributed by atoms with van der Waals surface area (Å²) >= 11 is 0. The summed E-state index contributed by atoms with van der Waals surface area (Å²) in [6, 6.07) is 6.06. The number of allylic oxidation sites excluding steroid dienone is 2. The molecule has 3 amide bonds. The normalized spacial score (nSPS) is 25.1. The molecule has 1 saturated heterocycles. The molecule has 188 valence electrons. The molecule has 8 heteroatoms. The first-order valence-corrected chi connectivity index (χ1v) is 13.1. The van der Waals surface area contributed by atoms with Crippen molar-refractivity contribution in [2.24, 2.45) is 16.9 Å². The van der Waals surface area contributed by atoms with Gasteiger partial charge in [0.1, 0.15) is 6.61 Å². The standard InChI is InChI=1S/C27H36N4O4/c1-34-23-13-12-19(18-24(23)35-17-16-30-15-14-28-27(30)33)25-21-10-6-7-11-22(21)26(32)31(29-25)20-8-4-2-3-5-9-20/h6-7,12-13,18,20-22H,2-5,8-11,14-17H2,1H3,(H,28,33)/t21-,22+/m0/s1. The number of amides is 3. The van der Waals surface area contributed by atoms with E-state index in [-0.39, 0.29) is 29.8 Å². The van der Waals surface area contributed by atoms with E-state index in [4.69, 9.17) is 14.6 Å². The second kappa shape index (κ2) is 10.7. The predicted octanol–water partition coefficient (Wildman–Crippen LogP) is 3.95. The fourth-order valence-corrected chi connectivity index (χ4v) is 5.77. The van der Waals surface area contributed by atoms with Crippen LogP contribution in [0.3, 0.4) is 0 Å². The predicted molar refractivity (Wildman–Crippen MR) is 134 cm³/mol. The highest BCUT2D eigenvalue weighted by Crippen LogP contribution is 2.38. The van der Waals surface area contributed by atoms with Gasteiger partial charge in [0.2, 0.25) is 5.91 Å². The molecule has 8 nitrogen and oxygen atoms in total. The summed E-state index contributed by atoms with van der Waals surface area (Å²) in [5.41, 5.74) is 1.94. The molecule has 1 aromatic carbocycles. The molecule has 2 fully saturated rings. The Balaban J connectivity index is 1.41. The zero-order chi connectivity index (χ0) is 24.2. The summed E-state index contributed by atoms with van der Waals surface area (Å²) < 4.78 is 11.6. The van der Waals surface area contributed by atoms with Gasteiger partial charge in [-0.2, -0.15) is 5.10 Å². The zero-order valence-electron chi connectivity index (χ0n) is 20.6. The van der Waals surface area contributed by atoms with Crippen LogP contribution in [0.15, 0.2) is 35.5 Å². The Morgan fingerprint density at radius 3 is 2.51 bits per heavy atom. The minimum Gasteiger partial charge on any atom is -0.493 e. The maximum Gasteiger partial charge on any atom is 0.317 e. The lowest BCUT2D eigenvalue weighted by atomic mass is 9.76. The highest BCUT2D eigenvalue weighted by atomic mass is 16.5. The van der Waals surface area contributed by atoms with Crippen LogP contribution in [0.5, 0.6) is 11.5 Å². The number of carbonyl (C=O) groups excluding carboxylic acids is 2. The number of nitrogens with one attached hydrogen (secondary N) is 1. The Hall–Kier alpha value is -3.03. The van der Waals surface area contributed by atoms with Crippen molar-refractivity contribution in [1.29, 1.82) is 0 Å². The summed E-state index contributed by atoms with van der Waals surface area (Å²) in [6.45, 7) is 2.25. The third kappa shape index (κ3) is 5.02. The van der Waals surface area contributed by atoms with Crippen LogP contribution < -0.4 is 14.8 Å². The number of methoxy groups -OCH3 is 1. The quantitative estimate of drug-likeness (QED) is 0.473. The Bertz CT molecular complexity index is 999. The Kier molecular flexibility index (Phi) is 7.25. The maximum atomic E-state index is 13.5. The van der Waals surface area contributed by atoms with Crippen LogP contribution in [0.4, 0.5) is 4.79 Å². The second-order valence-electron chi connectivity index (χ2n) is 9.90. The molecule has 0 unspecified atom stereocenters. The average Bonchev–Trinajstić information content (AvgIpc) is 3.12. The Morgan fingerprint density at radius 1 is 1.03 bits per heavy atom. The monoisotopic (exact) mass is 480 g/mol. The molecule has 4 aliphatic rings. The molecule has 5 rings (SSSR count). The van der Waals surface area contributed by atoms with Gasteiger partial charge in [-0.1, -0.05) is 37.8 Å². The lowest BCUT2D eigenvalue weighted by Crippen LogP contribution is -2.49. The van der Waals surface area contributed by atoms with E-state index >= 15 is 0 Å². The highest BCUT2D eigenvalue weighted by molar-refractivity contribution is 6.07. The van der Waals surface area contributed by atoms with Gasteiger partial charge in [-0.25, -0.2) is 9.80 Å². The molecule has 2 aliphatic heterocycles. The number of hydrogen-bond donors (Lipinski definition) is 1. The minimum atomic E-state index is -0.0593. The van der Waals surface area contributed by atoms with Crippen molar-refractivity contribution in [1.82, 2.24) is 15.2 Å². The third-order valence-corrected chi connectivity index (χ3v) is 7.74. The van der Waals surface area contributed by atoms with Crippen LogP contribution in [0.2, 0.25) is 0 Å². The zero-order valence-corrected chi connectivity index (χ0v) is 20.6. The van der Waals surface area contributed by atoms with Crippen molar-refractivity contribution >= 4 is 17.6 Å². The molecule has 0 bridgehead atoms. The van der Waals surface area contributed by atoms with E-state index in [0.29, 0.717) is 37.7 Å². The van der Waals surface area contributed by atoms with Crippen molar-refractivity contribution < 1.29 is 19.1 Å². The first kappa shape index (κ1) is 23.7. The van der Waals surface area contributed by atoms with Crippen LogP contribution in [-0.2, 0) is 4.79 Å². The van der Waals surface area contributed by atoms with Gasteiger partial charge in [0.25, 0.3) is 0 Å². The summed E-state index contributed by atoms with van der Waals surface area (Å²) in [4.78, 5) is 27.1. The van der Waals surface area contributed by atoms with Crippen LogP contribution >= 0.6 is 0 Å². The van der Waals surface area contributed by atoms with Gasteiger partial charge in [-0.05, 0) is 43.9 Å². The lowest BCUT2D eigenvalue weighted by molar-refractivity contribution is -0.140. The fraction of sp³-hybridized carbons (Fsp3) is 0.593. The van der Waals surface area contributed by atoms with E-state index in [1.54, 1.807) is 12.0 Å². The van der Waals surface area contributed by atoms with E-state index in [1.807, 2.05) is 23.2 Å². The summed E-state index contributed by atoms with van der Waals surface area (Å²) in [5.74, 6) is 1.48. The van der Waals surface area contributed by atoms with E-state index in [9.17, 15) is 9.59 Å². The molecule has 1 saturated carbocycles. The van der Waals surface area contributed by atoms with Crippen molar-refractivity contribution in [3.05, 3.63) is 35.9 Å². The number of nitrogens with zero attached hydrogens (tertiary/aromatic N) is 3. The van der Waals surface area contributed by atoms with Crippen LogP contribution in [0.1, 0.15) is 56.9 Å². The van der Waals surface area contributed by atoms with E-state index in [2.05, 4.69) is 17.5 Å². The van der Waals surface area contributed by atoms with Gasteiger partial charge < -0.3 is 19.7 Å². The molecular formula is C27H36N4O4. The number of carbonyl (C=O) groups is 2. The van der Waals surface area contributed by atoms with Crippen molar-refractivity contribution in [2.75, 3.05) is 33.4 Å². The average molecular weight is 481 g/mol. The topological polar surface area (TPSA) is 83.5 Å². The lowest BCUT2D eigenvalue weighted by Gasteiger charge is -2.40. The van der Waals surface area contributed by atoms with E-state index < -0.39 is 0 Å². The highest BCUT2D eigenvalue weighted by Gasteiger charge is 2.42. The van der Waals surface area contributed by atoms with Gasteiger partial charge in [0.05, 0.1) is 31.3 Å². The van der Waals surface area contributed by atoms with Crippen molar-refractivity contribution in [3.8, 4) is 11.5 Å². The van der Waals surface area contributed by atoms with Crippen molar-refractivity contribution in [3.63, 3.8) is 0 Å². The molecule has 0 spiro atoms. The molecule has 35 heavy (non-hydrogen) atoms. The molecule has 1 aromatic rings. The number of benzene rings is 1. The number of hydrogen-bond acceptors (Lipinski definition) is 5. The second-order valence-corrected chi connectivity index (χ2v) is 9.90. The van der Waals surface area contributed by atoms with E-state index in [0.717, 1.165) is 49.8 Å². The van der Waals surface area contributed by atoms with E-state index in [1.165, 1.54) is 12.8 Å². The number of ether oxygens (including phenoxy) is 2. The van der Waals surface area contributed by atoms with Crippen molar-refractivity contribution in [2.45, 2.75) is 57.4 Å². The van der Waals surface area contributed by atoms with Crippen LogP contribution in [0, 0.1) is 11.8 Å². The molecule has 2 atom stereocenters. The smallest absolute Gasteiger partial charge is 0.317 e. The van der Waals surface area contributed by atoms with Gasteiger partial charge in [-0.15, -0.1) is 0 Å². The number of rotatable bonds is 7. The summed E-state index contributed by atoms with van der Waals surface area (Å²) in [6.07, 6.45) is 12.7. The molecule has 0 aromatic heterocycles. The fourth-order valence-electron chi connectivity index (χ4n) is 5.77. The first-order chi connectivity index (χ1) is 17.2. The molecular weight excluding hydrogens is 444 g/mol. The number of fused-ring (bicyclic) bond motifs is 1. The minimum absolute atomic E-state index is 0.0504. The third-order valence-electron chi connectivity index (χ3n) is 7.74. The molecule has 2 aliphatic carbocycles. The Morgan fingerprint density at radius 2 is 1.80 bits per heavy atom. The molecule has 1 N–H and O–H groups in total. The van der Waals surface area contributed by atoms with Crippen LogP contribution in [-0.4, -0.2) is 67.0 Å². The number of hydrazone groups is 1. The van der Waals surface area contributed by atoms with Crippen LogP contribution in [0.25, 0.3) is 0 Å². The maximum absolute atomic E-state index is 13.5. The van der Waals surface area contributed by atoms with Gasteiger partial charge in [0.15, 0.2) is 11.5 Å². The summed E-state index contributed by atoms with van der Waals surface area (Å²) in [7, 11) is 1.63. The van der Waals surface area contributed by atoms with Gasteiger partial charge in [-0.3, -0.25) is 4.79 Å². The first-order valence-electron chi connectivity index (χ1n) is 13.1. The van der Waals surface area contributed by atoms with Gasteiger partial charge >= 0.3 is 6.03 Å². The van der Waals surface area contributed by atoms with Gasteiger partial charge in [0, 0.05) is 24.6 Å². The Labute approximate surface area is 207 Å². The molecule has 0 radical (unpaired) electrons. The SMILES string of the molecule is COc1ccc(C2=NN(C3CCCCCC3)C(=O)[C@@H]3CC=CC[C@H]23)cc1OCCN1CCNC1=O. The largest absolute Gasteiger partial charge is 0.493 e. The molecule has 2 heterocycles. The summed E-state index contributed by atoms with van der Waals surface area (Å²) in [5, 5.41) is 9.68.